The second kappa shape index (κ2) is 4.98. The van der Waals surface area contributed by atoms with Crippen LogP contribution in [0, 0.1) is 0 Å². The van der Waals surface area contributed by atoms with Crippen LogP contribution in [0.15, 0.2) is 42.5 Å². The summed E-state index contributed by atoms with van der Waals surface area (Å²) >= 11 is 0. The minimum Gasteiger partial charge on any atom is -0.399 e. The monoisotopic (exact) mass is 305 g/mol. The maximum absolute atomic E-state index is 12.8. The normalized spacial score (nSPS) is 12.5. The first-order valence-electron chi connectivity index (χ1n) is 5.73. The first-order chi connectivity index (χ1) is 9.59. The Hall–Kier alpha value is -2.18. The van der Waals surface area contributed by atoms with Gasteiger partial charge in [0.1, 0.15) is 0 Å². The van der Waals surface area contributed by atoms with E-state index in [0.717, 1.165) is 6.07 Å². The summed E-state index contributed by atoms with van der Waals surface area (Å²) in [5.74, 6) is 0. The number of hydrogen-bond acceptors (Lipinski definition) is 1. The maximum Gasteiger partial charge on any atom is 0.417 e. The Morgan fingerprint density at radius 1 is 0.619 bits per heavy atom. The Morgan fingerprint density at radius 2 is 1.10 bits per heavy atom. The number of nitrogen functional groups attached to an aromatic ring is 1. The van der Waals surface area contributed by atoms with Crippen LogP contribution in [0.5, 0.6) is 0 Å². The zero-order valence-electron chi connectivity index (χ0n) is 10.4. The molecule has 0 aliphatic rings. The molecule has 112 valence electrons. The Kier molecular flexibility index (Phi) is 3.61. The van der Waals surface area contributed by atoms with E-state index in [2.05, 4.69) is 0 Å². The Morgan fingerprint density at radius 3 is 1.57 bits per heavy atom. The van der Waals surface area contributed by atoms with E-state index >= 15 is 0 Å². The summed E-state index contributed by atoms with van der Waals surface area (Å²) in [4.78, 5) is 0. The molecule has 7 heteroatoms. The summed E-state index contributed by atoms with van der Waals surface area (Å²) in [6.45, 7) is 0. The molecule has 21 heavy (non-hydrogen) atoms. The maximum atomic E-state index is 12.8. The number of rotatable bonds is 1. The standard InChI is InChI=1S/C14H9F6N/c15-13(16,17)11-6-3-9(7-12(11)14(18,19)20)8-1-4-10(21)5-2-8/h1-7H,21H2. The van der Waals surface area contributed by atoms with Gasteiger partial charge >= 0.3 is 12.4 Å². The summed E-state index contributed by atoms with van der Waals surface area (Å²) < 4.78 is 76.4. The average molecular weight is 305 g/mol. The van der Waals surface area contributed by atoms with Crippen LogP contribution in [0.1, 0.15) is 11.1 Å². The molecule has 0 unspecified atom stereocenters. The SMILES string of the molecule is Nc1ccc(-c2ccc(C(F)(F)F)c(C(F)(F)F)c2)cc1. The van der Waals surface area contributed by atoms with E-state index < -0.39 is 23.5 Å². The van der Waals surface area contributed by atoms with Crippen LogP contribution < -0.4 is 5.73 Å². The van der Waals surface area contributed by atoms with Gasteiger partial charge in [-0.15, -0.1) is 0 Å². The van der Waals surface area contributed by atoms with Gasteiger partial charge in [-0.2, -0.15) is 26.3 Å². The third-order valence-corrected chi connectivity index (χ3v) is 2.87. The highest BCUT2D eigenvalue weighted by molar-refractivity contribution is 5.67. The van der Waals surface area contributed by atoms with E-state index in [1.165, 1.54) is 24.3 Å². The van der Waals surface area contributed by atoms with Gasteiger partial charge in [0.25, 0.3) is 0 Å². The first kappa shape index (κ1) is 15.2. The molecule has 2 N–H and O–H groups in total. The van der Waals surface area contributed by atoms with Gasteiger partial charge in [0.05, 0.1) is 11.1 Å². The van der Waals surface area contributed by atoms with Gasteiger partial charge in [0.2, 0.25) is 0 Å². The van der Waals surface area contributed by atoms with Crippen LogP contribution in [0.2, 0.25) is 0 Å². The van der Waals surface area contributed by atoms with Crippen LogP contribution >= 0.6 is 0 Å². The molecule has 0 aromatic heterocycles. The number of alkyl halides is 6. The van der Waals surface area contributed by atoms with Crippen molar-refractivity contribution in [3.8, 4) is 11.1 Å². The Labute approximate surface area is 116 Å². The number of hydrogen-bond donors (Lipinski definition) is 1. The molecule has 1 nitrogen and oxygen atoms in total. The highest BCUT2D eigenvalue weighted by atomic mass is 19.4. The summed E-state index contributed by atoms with van der Waals surface area (Å²) in [6.07, 6.45) is -10.2. The fraction of sp³-hybridized carbons (Fsp3) is 0.143. The average Bonchev–Trinajstić information content (AvgIpc) is 2.37. The lowest BCUT2D eigenvalue weighted by Crippen LogP contribution is -2.16. The molecular weight excluding hydrogens is 296 g/mol. The molecule has 0 heterocycles. The molecule has 0 atom stereocenters. The minimum absolute atomic E-state index is 0.0373. The van der Waals surface area contributed by atoms with Gasteiger partial charge in [-0.1, -0.05) is 18.2 Å². The lowest BCUT2D eigenvalue weighted by Gasteiger charge is -2.16. The molecule has 0 saturated heterocycles. The number of anilines is 1. The third kappa shape index (κ3) is 3.29. The molecule has 0 spiro atoms. The lowest BCUT2D eigenvalue weighted by molar-refractivity contribution is -0.162. The predicted octanol–water partition coefficient (Wildman–Crippen LogP) is 4.97. The zero-order valence-corrected chi connectivity index (χ0v) is 10.4. The van der Waals surface area contributed by atoms with Gasteiger partial charge in [-0.05, 0) is 35.4 Å². The fourth-order valence-corrected chi connectivity index (χ4v) is 1.88. The molecule has 0 saturated carbocycles. The van der Waals surface area contributed by atoms with Crippen molar-refractivity contribution in [2.45, 2.75) is 12.4 Å². The van der Waals surface area contributed by atoms with Crippen molar-refractivity contribution in [3.05, 3.63) is 53.6 Å². The van der Waals surface area contributed by atoms with Gasteiger partial charge in [0.15, 0.2) is 0 Å². The van der Waals surface area contributed by atoms with Crippen LogP contribution in [-0.4, -0.2) is 0 Å². The van der Waals surface area contributed by atoms with Crippen molar-refractivity contribution in [3.63, 3.8) is 0 Å². The summed E-state index contributed by atoms with van der Waals surface area (Å²) in [5, 5.41) is 0. The molecule has 0 bridgehead atoms. The van der Waals surface area contributed by atoms with E-state index in [-0.39, 0.29) is 5.56 Å². The minimum atomic E-state index is -5.09. The van der Waals surface area contributed by atoms with Crippen molar-refractivity contribution >= 4 is 5.69 Å². The smallest absolute Gasteiger partial charge is 0.399 e. The van der Waals surface area contributed by atoms with Gasteiger partial charge < -0.3 is 5.73 Å². The molecule has 0 amide bonds. The topological polar surface area (TPSA) is 26.0 Å². The highest BCUT2D eigenvalue weighted by Crippen LogP contribution is 2.41. The quantitative estimate of drug-likeness (QED) is 0.584. The predicted molar refractivity (Wildman–Crippen MR) is 66.3 cm³/mol. The van der Waals surface area contributed by atoms with E-state index in [1.54, 1.807) is 0 Å². The Bertz CT molecular complexity index is 640. The van der Waals surface area contributed by atoms with E-state index in [1.807, 2.05) is 0 Å². The van der Waals surface area contributed by atoms with E-state index in [0.29, 0.717) is 23.4 Å². The van der Waals surface area contributed by atoms with Crippen LogP contribution in [-0.2, 0) is 12.4 Å². The van der Waals surface area contributed by atoms with Crippen molar-refractivity contribution < 1.29 is 26.3 Å². The van der Waals surface area contributed by atoms with Gasteiger partial charge in [-0.25, -0.2) is 0 Å². The summed E-state index contributed by atoms with van der Waals surface area (Å²) in [5.41, 5.74) is 2.84. The molecular formula is C14H9F6N. The highest BCUT2D eigenvalue weighted by Gasteiger charge is 2.43. The second-order valence-corrected chi connectivity index (χ2v) is 4.38. The van der Waals surface area contributed by atoms with Crippen molar-refractivity contribution in [1.82, 2.24) is 0 Å². The van der Waals surface area contributed by atoms with E-state index in [4.69, 9.17) is 5.73 Å². The summed E-state index contributed by atoms with van der Waals surface area (Å²) in [7, 11) is 0. The second-order valence-electron chi connectivity index (χ2n) is 4.38. The molecule has 2 rings (SSSR count). The van der Waals surface area contributed by atoms with Crippen molar-refractivity contribution in [2.24, 2.45) is 0 Å². The van der Waals surface area contributed by atoms with Crippen LogP contribution in [0.4, 0.5) is 32.0 Å². The van der Waals surface area contributed by atoms with E-state index in [9.17, 15) is 26.3 Å². The number of halogens is 6. The molecule has 0 aliphatic heterocycles. The van der Waals surface area contributed by atoms with Crippen LogP contribution in [0.3, 0.4) is 0 Å². The zero-order chi connectivity index (χ0) is 15.8. The molecule has 2 aromatic rings. The lowest BCUT2D eigenvalue weighted by atomic mass is 9.98. The molecule has 2 aromatic carbocycles. The molecule has 0 fully saturated rings. The first-order valence-corrected chi connectivity index (χ1v) is 5.73. The molecule has 0 aliphatic carbocycles. The van der Waals surface area contributed by atoms with Gasteiger partial charge in [-0.3, -0.25) is 0 Å². The van der Waals surface area contributed by atoms with Crippen LogP contribution in [0.25, 0.3) is 11.1 Å². The van der Waals surface area contributed by atoms with Gasteiger partial charge in [0, 0.05) is 5.69 Å². The number of benzene rings is 2. The fourth-order valence-electron chi connectivity index (χ4n) is 1.88. The number of nitrogens with two attached hydrogens (primary N) is 1. The molecule has 0 radical (unpaired) electrons. The third-order valence-electron chi connectivity index (χ3n) is 2.87. The largest absolute Gasteiger partial charge is 0.417 e. The summed E-state index contributed by atoms with van der Waals surface area (Å²) in [6, 6.07) is 7.74. The Balaban J connectivity index is 2.60. The van der Waals surface area contributed by atoms with Crippen molar-refractivity contribution in [2.75, 3.05) is 5.73 Å². The van der Waals surface area contributed by atoms with Crippen molar-refractivity contribution in [1.29, 1.82) is 0 Å².